The average molecular weight is 359 g/mol. The molecule has 1 aromatic carbocycles. The number of hydrogen-bond donors (Lipinski definition) is 1. The molecule has 0 atom stereocenters. The minimum absolute atomic E-state index is 0.565. The molecule has 6 heteroatoms. The Labute approximate surface area is 130 Å². The van der Waals surface area contributed by atoms with Gasteiger partial charge in [-0.05, 0) is 30.7 Å². The van der Waals surface area contributed by atoms with Gasteiger partial charge in [0.05, 0.1) is 11.2 Å². The maximum Gasteiger partial charge on any atom is 0.223 e. The summed E-state index contributed by atoms with van der Waals surface area (Å²) in [7, 11) is 0. The molecule has 1 N–H and O–H groups in total. The third kappa shape index (κ3) is 4.37. The molecule has 2 rings (SSSR count). The Morgan fingerprint density at radius 2 is 2.05 bits per heavy atom. The van der Waals surface area contributed by atoms with E-state index in [4.69, 9.17) is 11.6 Å². The fourth-order valence-electron chi connectivity index (χ4n) is 1.36. The lowest BCUT2D eigenvalue weighted by atomic mass is 10.4. The van der Waals surface area contributed by atoms with E-state index in [0.717, 1.165) is 27.4 Å². The van der Waals surface area contributed by atoms with Crippen LogP contribution in [0.5, 0.6) is 0 Å². The van der Waals surface area contributed by atoms with Gasteiger partial charge in [-0.2, -0.15) is 0 Å². The van der Waals surface area contributed by atoms with Crippen molar-refractivity contribution in [3.8, 4) is 0 Å². The predicted octanol–water partition coefficient (Wildman–Crippen LogP) is 4.87. The second kappa shape index (κ2) is 7.12. The van der Waals surface area contributed by atoms with Crippen LogP contribution in [0.25, 0.3) is 0 Å². The van der Waals surface area contributed by atoms with E-state index in [-0.39, 0.29) is 0 Å². The lowest BCUT2D eigenvalue weighted by Gasteiger charge is -2.07. The van der Waals surface area contributed by atoms with Gasteiger partial charge in [-0.15, -0.1) is 0 Å². The topological polar surface area (TPSA) is 37.8 Å². The number of nitrogens with zero attached hydrogens (tertiary/aromatic N) is 2. The van der Waals surface area contributed by atoms with Crippen LogP contribution in [0.1, 0.15) is 13.3 Å². The van der Waals surface area contributed by atoms with Crippen LogP contribution in [0.3, 0.4) is 0 Å². The van der Waals surface area contributed by atoms with Crippen molar-refractivity contribution >= 4 is 45.2 Å². The van der Waals surface area contributed by atoms with Crippen molar-refractivity contribution in [1.82, 2.24) is 9.97 Å². The van der Waals surface area contributed by atoms with E-state index in [0.29, 0.717) is 11.0 Å². The summed E-state index contributed by atoms with van der Waals surface area (Å²) in [5.41, 5.74) is 0. The smallest absolute Gasteiger partial charge is 0.223 e. The number of halogens is 2. The van der Waals surface area contributed by atoms with E-state index in [1.807, 2.05) is 24.3 Å². The van der Waals surface area contributed by atoms with E-state index < -0.39 is 0 Å². The Balaban J connectivity index is 2.16. The zero-order chi connectivity index (χ0) is 13.7. The van der Waals surface area contributed by atoms with Crippen molar-refractivity contribution in [2.75, 3.05) is 11.9 Å². The molecule has 3 nitrogen and oxygen atoms in total. The third-order valence-corrected chi connectivity index (χ3v) is 4.20. The van der Waals surface area contributed by atoms with Crippen LogP contribution in [0, 0.1) is 0 Å². The molecule has 0 aliphatic heterocycles. The Bertz CT molecular complexity index is 548. The average Bonchev–Trinajstić information content (AvgIpc) is 2.42. The summed E-state index contributed by atoms with van der Waals surface area (Å²) in [5, 5.41) is 4.48. The van der Waals surface area contributed by atoms with E-state index in [2.05, 4.69) is 38.1 Å². The summed E-state index contributed by atoms with van der Waals surface area (Å²) < 4.78 is 1.05. The van der Waals surface area contributed by atoms with Gasteiger partial charge in [0.2, 0.25) is 5.95 Å². The van der Waals surface area contributed by atoms with E-state index in [1.165, 1.54) is 11.8 Å². The first-order chi connectivity index (χ1) is 9.19. The van der Waals surface area contributed by atoms with Crippen molar-refractivity contribution in [2.24, 2.45) is 0 Å². The van der Waals surface area contributed by atoms with Gasteiger partial charge in [0.15, 0.2) is 0 Å². The zero-order valence-corrected chi connectivity index (χ0v) is 13.5. The van der Waals surface area contributed by atoms with Crippen LogP contribution in [0.4, 0.5) is 5.95 Å². The molecular weight excluding hydrogens is 346 g/mol. The highest BCUT2D eigenvalue weighted by Crippen LogP contribution is 2.32. The molecule has 0 unspecified atom stereocenters. The van der Waals surface area contributed by atoms with Gasteiger partial charge in [0, 0.05) is 15.9 Å². The first kappa shape index (κ1) is 14.6. The number of aromatic nitrogens is 2. The predicted molar refractivity (Wildman–Crippen MR) is 84.1 cm³/mol. The molecule has 0 aliphatic carbocycles. The number of hydrogen-bond acceptors (Lipinski definition) is 4. The normalized spacial score (nSPS) is 10.5. The molecule has 0 saturated heterocycles. The second-order valence-electron chi connectivity index (χ2n) is 3.83. The van der Waals surface area contributed by atoms with Crippen LogP contribution >= 0.6 is 39.3 Å². The van der Waals surface area contributed by atoms with Crippen LogP contribution < -0.4 is 5.32 Å². The van der Waals surface area contributed by atoms with Crippen LogP contribution in [0.2, 0.25) is 5.02 Å². The van der Waals surface area contributed by atoms with Crippen LogP contribution in [-0.4, -0.2) is 16.5 Å². The highest BCUT2D eigenvalue weighted by Gasteiger charge is 2.07. The van der Waals surface area contributed by atoms with Gasteiger partial charge in [0.25, 0.3) is 0 Å². The summed E-state index contributed by atoms with van der Waals surface area (Å²) in [6.45, 7) is 2.95. The fourth-order valence-corrected chi connectivity index (χ4v) is 2.61. The van der Waals surface area contributed by atoms with E-state index in [9.17, 15) is 0 Å². The molecule has 0 bridgehead atoms. The minimum atomic E-state index is 0.565. The number of anilines is 1. The molecule has 19 heavy (non-hydrogen) atoms. The molecular formula is C13H13BrClN3S. The van der Waals surface area contributed by atoms with Crippen LogP contribution in [-0.2, 0) is 0 Å². The monoisotopic (exact) mass is 357 g/mol. The number of rotatable bonds is 5. The SMILES string of the molecule is CCCNc1ncc(Cl)c(Sc2ccc(Br)cc2)n1. The largest absolute Gasteiger partial charge is 0.354 e. The Hall–Kier alpha value is -0.780. The van der Waals surface area contributed by atoms with Gasteiger partial charge in [0.1, 0.15) is 5.03 Å². The molecule has 1 heterocycles. The van der Waals surface area contributed by atoms with Crippen LogP contribution in [0.15, 0.2) is 44.9 Å². The van der Waals surface area contributed by atoms with Gasteiger partial charge >= 0.3 is 0 Å². The maximum absolute atomic E-state index is 6.13. The molecule has 1 aromatic heterocycles. The lowest BCUT2D eigenvalue weighted by Crippen LogP contribution is -2.04. The highest BCUT2D eigenvalue weighted by molar-refractivity contribution is 9.10. The molecule has 0 spiro atoms. The fraction of sp³-hybridized carbons (Fsp3) is 0.231. The lowest BCUT2D eigenvalue weighted by molar-refractivity contribution is 0.935. The van der Waals surface area contributed by atoms with E-state index in [1.54, 1.807) is 6.20 Å². The van der Waals surface area contributed by atoms with Gasteiger partial charge in [-0.3, -0.25) is 0 Å². The molecule has 0 fully saturated rings. The molecule has 0 aliphatic rings. The van der Waals surface area contributed by atoms with Crippen molar-refractivity contribution in [2.45, 2.75) is 23.3 Å². The first-order valence-corrected chi connectivity index (χ1v) is 7.87. The Morgan fingerprint density at radius 3 is 2.74 bits per heavy atom. The van der Waals surface area contributed by atoms with Gasteiger partial charge in [-0.1, -0.05) is 46.2 Å². The Morgan fingerprint density at radius 1 is 1.32 bits per heavy atom. The second-order valence-corrected chi connectivity index (χ2v) is 6.21. The summed E-state index contributed by atoms with van der Waals surface area (Å²) in [4.78, 5) is 9.67. The number of nitrogens with one attached hydrogen (secondary N) is 1. The molecule has 0 saturated carbocycles. The first-order valence-electron chi connectivity index (χ1n) is 5.89. The third-order valence-electron chi connectivity index (χ3n) is 2.27. The molecule has 0 amide bonds. The van der Waals surface area contributed by atoms with Gasteiger partial charge in [-0.25, -0.2) is 9.97 Å². The number of benzene rings is 1. The Kier molecular flexibility index (Phi) is 5.48. The summed E-state index contributed by atoms with van der Waals surface area (Å²) in [5.74, 6) is 0.617. The molecule has 0 radical (unpaired) electrons. The zero-order valence-electron chi connectivity index (χ0n) is 10.4. The van der Waals surface area contributed by atoms with Crippen molar-refractivity contribution in [3.63, 3.8) is 0 Å². The van der Waals surface area contributed by atoms with E-state index >= 15 is 0 Å². The summed E-state index contributed by atoms with van der Waals surface area (Å²) in [6.07, 6.45) is 2.66. The summed E-state index contributed by atoms with van der Waals surface area (Å²) >= 11 is 11.1. The molecule has 2 aromatic rings. The van der Waals surface area contributed by atoms with Crippen molar-refractivity contribution < 1.29 is 0 Å². The highest BCUT2D eigenvalue weighted by atomic mass is 79.9. The quantitative estimate of drug-likeness (QED) is 0.774. The molecule has 100 valence electrons. The maximum atomic E-state index is 6.13. The summed E-state index contributed by atoms with van der Waals surface area (Å²) in [6, 6.07) is 8.03. The van der Waals surface area contributed by atoms with Gasteiger partial charge < -0.3 is 5.32 Å². The van der Waals surface area contributed by atoms with Crippen molar-refractivity contribution in [3.05, 3.63) is 40.0 Å². The standard InChI is InChI=1S/C13H13BrClN3S/c1-2-7-16-13-17-8-11(15)12(18-13)19-10-5-3-9(14)4-6-10/h3-6,8H,2,7H2,1H3,(H,16,17,18). The minimum Gasteiger partial charge on any atom is -0.354 e. The van der Waals surface area contributed by atoms with Crippen molar-refractivity contribution in [1.29, 1.82) is 0 Å².